The first-order valence-corrected chi connectivity index (χ1v) is 7.32. The van der Waals surface area contributed by atoms with Crippen molar-refractivity contribution >= 4 is 0 Å². The highest BCUT2D eigenvalue weighted by atomic mass is 19.1. The van der Waals surface area contributed by atoms with Crippen LogP contribution in [-0.2, 0) is 15.1 Å². The van der Waals surface area contributed by atoms with E-state index in [0.29, 0.717) is 32.7 Å². The molecule has 1 aromatic rings. The van der Waals surface area contributed by atoms with Gasteiger partial charge in [-0.05, 0) is 43.4 Å². The van der Waals surface area contributed by atoms with Gasteiger partial charge in [-0.25, -0.2) is 8.78 Å². The fraction of sp³-hybridized carbons (Fsp3) is 0.625. The molecule has 1 spiro atoms. The van der Waals surface area contributed by atoms with E-state index in [2.05, 4.69) is 0 Å². The van der Waals surface area contributed by atoms with Gasteiger partial charge < -0.3 is 14.6 Å². The lowest BCUT2D eigenvalue weighted by Crippen LogP contribution is -2.46. The van der Waals surface area contributed by atoms with Gasteiger partial charge in [0.2, 0.25) is 0 Å². The number of rotatable bonds is 2. The predicted octanol–water partition coefficient (Wildman–Crippen LogP) is 2.76. The van der Waals surface area contributed by atoms with Gasteiger partial charge in [-0.3, -0.25) is 0 Å². The predicted molar refractivity (Wildman–Crippen MR) is 72.8 cm³/mol. The molecule has 0 saturated carbocycles. The summed E-state index contributed by atoms with van der Waals surface area (Å²) in [5.74, 6) is -1.46. The van der Waals surface area contributed by atoms with Crippen LogP contribution >= 0.6 is 0 Å². The van der Waals surface area contributed by atoms with Crippen LogP contribution in [0.25, 0.3) is 0 Å². The lowest BCUT2D eigenvalue weighted by Gasteiger charge is -2.43. The highest BCUT2D eigenvalue weighted by Crippen LogP contribution is 2.43. The molecule has 0 amide bonds. The van der Waals surface area contributed by atoms with E-state index in [4.69, 9.17) is 9.47 Å². The van der Waals surface area contributed by atoms with Gasteiger partial charge in [-0.15, -0.1) is 0 Å². The Morgan fingerprint density at radius 2 is 1.95 bits per heavy atom. The zero-order valence-corrected chi connectivity index (χ0v) is 12.1. The van der Waals surface area contributed by atoms with Crippen molar-refractivity contribution in [3.63, 3.8) is 0 Å². The molecule has 1 N–H and O–H groups in total. The van der Waals surface area contributed by atoms with Crippen LogP contribution < -0.4 is 0 Å². The minimum atomic E-state index is -1.29. The molecule has 2 fully saturated rings. The standard InChI is InChI=1S/C16H20F2O3/c1-15(19,12-6-13(17)8-14(18)7-12)11-2-4-21-16(9-11)3-5-20-10-16/h6-8,11,19H,2-5,9-10H2,1H3. The van der Waals surface area contributed by atoms with E-state index in [1.165, 1.54) is 12.1 Å². The highest BCUT2D eigenvalue weighted by Gasteiger charge is 2.46. The first-order chi connectivity index (χ1) is 9.91. The molecule has 0 radical (unpaired) electrons. The minimum Gasteiger partial charge on any atom is -0.385 e. The smallest absolute Gasteiger partial charge is 0.126 e. The third kappa shape index (κ3) is 2.82. The van der Waals surface area contributed by atoms with E-state index in [-0.39, 0.29) is 17.1 Å². The Morgan fingerprint density at radius 3 is 2.57 bits per heavy atom. The fourth-order valence-electron chi connectivity index (χ4n) is 3.45. The number of hydrogen-bond donors (Lipinski definition) is 1. The van der Waals surface area contributed by atoms with Crippen molar-refractivity contribution in [3.05, 3.63) is 35.4 Å². The summed E-state index contributed by atoms with van der Waals surface area (Å²) in [5.41, 5.74) is -1.36. The molecule has 3 nitrogen and oxygen atoms in total. The zero-order chi connectivity index (χ0) is 15.1. The number of hydrogen-bond acceptors (Lipinski definition) is 3. The van der Waals surface area contributed by atoms with E-state index in [0.717, 1.165) is 12.5 Å². The number of benzene rings is 1. The quantitative estimate of drug-likeness (QED) is 0.912. The van der Waals surface area contributed by atoms with Crippen molar-refractivity contribution in [2.45, 2.75) is 37.4 Å². The van der Waals surface area contributed by atoms with Gasteiger partial charge in [0, 0.05) is 25.7 Å². The Labute approximate surface area is 122 Å². The van der Waals surface area contributed by atoms with Gasteiger partial charge in [0.05, 0.1) is 17.8 Å². The van der Waals surface area contributed by atoms with Crippen molar-refractivity contribution in [1.29, 1.82) is 0 Å². The second-order valence-corrected chi connectivity index (χ2v) is 6.33. The monoisotopic (exact) mass is 298 g/mol. The molecule has 5 heteroatoms. The lowest BCUT2D eigenvalue weighted by molar-refractivity contribution is -0.140. The maximum Gasteiger partial charge on any atom is 0.126 e. The van der Waals surface area contributed by atoms with Crippen LogP contribution in [0.4, 0.5) is 8.78 Å². The number of aliphatic hydroxyl groups is 1. The van der Waals surface area contributed by atoms with E-state index >= 15 is 0 Å². The maximum atomic E-state index is 13.4. The first kappa shape index (κ1) is 14.9. The molecule has 0 aliphatic carbocycles. The Hall–Kier alpha value is -1.04. The fourth-order valence-corrected chi connectivity index (χ4v) is 3.45. The second-order valence-electron chi connectivity index (χ2n) is 6.33. The lowest BCUT2D eigenvalue weighted by atomic mass is 9.73. The molecule has 3 unspecified atom stereocenters. The Morgan fingerprint density at radius 1 is 1.24 bits per heavy atom. The highest BCUT2D eigenvalue weighted by molar-refractivity contribution is 5.25. The Balaban J connectivity index is 1.86. The van der Waals surface area contributed by atoms with Crippen LogP contribution in [0, 0.1) is 17.6 Å². The largest absolute Gasteiger partial charge is 0.385 e. The maximum absolute atomic E-state index is 13.4. The summed E-state index contributed by atoms with van der Waals surface area (Å²) in [4.78, 5) is 0. The summed E-state index contributed by atoms with van der Waals surface area (Å²) in [5, 5.41) is 10.9. The molecular formula is C16H20F2O3. The number of halogens is 2. The molecule has 0 aromatic heterocycles. The summed E-state index contributed by atoms with van der Waals surface area (Å²) in [6.07, 6.45) is 2.10. The van der Waals surface area contributed by atoms with Gasteiger partial charge in [-0.1, -0.05) is 0 Å². The van der Waals surface area contributed by atoms with E-state index in [1.807, 2.05) is 0 Å². The Bertz CT molecular complexity index is 504. The van der Waals surface area contributed by atoms with Crippen molar-refractivity contribution < 1.29 is 23.4 Å². The third-order valence-corrected chi connectivity index (χ3v) is 4.80. The molecule has 116 valence electrons. The van der Waals surface area contributed by atoms with Crippen molar-refractivity contribution in [2.24, 2.45) is 5.92 Å². The van der Waals surface area contributed by atoms with Crippen molar-refractivity contribution in [1.82, 2.24) is 0 Å². The number of ether oxygens (including phenoxy) is 2. The second kappa shape index (κ2) is 5.30. The van der Waals surface area contributed by atoms with Crippen molar-refractivity contribution in [2.75, 3.05) is 19.8 Å². The van der Waals surface area contributed by atoms with E-state index in [1.54, 1.807) is 6.92 Å². The van der Waals surface area contributed by atoms with E-state index < -0.39 is 17.2 Å². The SMILES string of the molecule is CC(O)(c1cc(F)cc(F)c1)C1CCOC2(CCOC2)C1. The van der Waals surface area contributed by atoms with Gasteiger partial charge >= 0.3 is 0 Å². The minimum absolute atomic E-state index is 0.117. The molecule has 2 saturated heterocycles. The summed E-state index contributed by atoms with van der Waals surface area (Å²) in [7, 11) is 0. The topological polar surface area (TPSA) is 38.7 Å². The summed E-state index contributed by atoms with van der Waals surface area (Å²) < 4.78 is 38.1. The van der Waals surface area contributed by atoms with E-state index in [9.17, 15) is 13.9 Å². The van der Waals surface area contributed by atoms with Gasteiger partial charge in [0.15, 0.2) is 0 Å². The molecule has 0 bridgehead atoms. The molecule has 2 aliphatic heterocycles. The van der Waals surface area contributed by atoms with Crippen LogP contribution in [-0.4, -0.2) is 30.5 Å². The van der Waals surface area contributed by atoms with Crippen LogP contribution in [0.5, 0.6) is 0 Å². The average molecular weight is 298 g/mol. The molecule has 3 atom stereocenters. The Kier molecular flexibility index (Phi) is 3.76. The summed E-state index contributed by atoms with van der Waals surface area (Å²) in [6.45, 7) is 3.34. The molecular weight excluding hydrogens is 278 g/mol. The normalized spacial score (nSPS) is 32.3. The zero-order valence-electron chi connectivity index (χ0n) is 12.1. The van der Waals surface area contributed by atoms with Gasteiger partial charge in [-0.2, -0.15) is 0 Å². The van der Waals surface area contributed by atoms with Crippen LogP contribution in [0.2, 0.25) is 0 Å². The summed E-state index contributed by atoms with van der Waals surface area (Å²) >= 11 is 0. The van der Waals surface area contributed by atoms with Crippen molar-refractivity contribution in [3.8, 4) is 0 Å². The van der Waals surface area contributed by atoms with Crippen LogP contribution in [0.1, 0.15) is 31.7 Å². The summed E-state index contributed by atoms with van der Waals surface area (Å²) in [6, 6.07) is 3.22. The molecule has 1 aromatic carbocycles. The molecule has 2 aliphatic rings. The third-order valence-electron chi connectivity index (χ3n) is 4.80. The average Bonchev–Trinajstić information content (AvgIpc) is 2.85. The van der Waals surface area contributed by atoms with Gasteiger partial charge in [0.1, 0.15) is 11.6 Å². The van der Waals surface area contributed by atoms with Crippen LogP contribution in [0.3, 0.4) is 0 Å². The molecule has 21 heavy (non-hydrogen) atoms. The van der Waals surface area contributed by atoms with Crippen LogP contribution in [0.15, 0.2) is 18.2 Å². The van der Waals surface area contributed by atoms with Gasteiger partial charge in [0.25, 0.3) is 0 Å². The molecule has 2 heterocycles. The first-order valence-electron chi connectivity index (χ1n) is 7.32. The molecule has 3 rings (SSSR count).